The first-order valence-electron chi connectivity index (χ1n) is 9.11. The van der Waals surface area contributed by atoms with Gasteiger partial charge in [-0.1, -0.05) is 0 Å². The average molecular weight is 400 g/mol. The summed E-state index contributed by atoms with van der Waals surface area (Å²) in [6.45, 7) is 2.29. The summed E-state index contributed by atoms with van der Waals surface area (Å²) in [6.07, 6.45) is 14.3. The van der Waals surface area contributed by atoms with Crippen molar-refractivity contribution in [3.05, 3.63) is 0 Å². The molecule has 0 amide bonds. The van der Waals surface area contributed by atoms with Gasteiger partial charge in [-0.2, -0.15) is 0 Å². The molecule has 132 valence electrons. The number of aliphatic carboxylic acids is 2. The number of carboxylic acids is 2. The Labute approximate surface area is 232 Å². The molecule has 0 saturated heterocycles. The molecule has 1 atom stereocenters. The Hall–Kier alpha value is 2.54. The van der Waals surface area contributed by atoms with Crippen molar-refractivity contribution in [1.82, 2.24) is 0 Å². The van der Waals surface area contributed by atoms with Crippen LogP contribution in [0.3, 0.4) is 0 Å². The van der Waals surface area contributed by atoms with Crippen LogP contribution in [0.4, 0.5) is 0 Å². The maximum Gasteiger partial charge on any atom is 1.00 e. The van der Waals surface area contributed by atoms with Crippen LogP contribution < -0.4 is 75.1 Å². The summed E-state index contributed by atoms with van der Waals surface area (Å²) in [5.74, 6) is -2.75. The fourth-order valence-electron chi connectivity index (χ4n) is 2.13. The molecular weight excluding hydrogens is 367 g/mol. The van der Waals surface area contributed by atoms with Crippen LogP contribution in [0.1, 0.15) is 84.0 Å². The van der Waals surface area contributed by atoms with E-state index in [0.29, 0.717) is 0 Å². The summed E-state index contributed by atoms with van der Waals surface area (Å²) in [5, 5.41) is 19.6. The van der Waals surface area contributed by atoms with E-state index in [2.05, 4.69) is 6.92 Å². The standard InChI is InChI=1S/C12H25.C5H9NO4.K.2Na/c1-3-5-7-9-11-12-10-8-6-4-2;6-3(5(9)10)1-2-4(7)8;;;/h1,3-12H2,2H3;3H,1-2,6H2,(H,7,8)(H,9,10);;;/q;;;2*+1/p-2. The molecule has 0 aliphatic carbocycles. The predicted octanol–water partition coefficient (Wildman–Crippen LogP) is -4.90. The molecule has 0 spiro atoms. The topological polar surface area (TPSA) is 106 Å². The van der Waals surface area contributed by atoms with E-state index in [1.807, 2.05) is 0 Å². The average Bonchev–Trinajstić information content (AvgIpc) is 2.51. The molecule has 5 nitrogen and oxygen atoms in total. The molecule has 1 unspecified atom stereocenters. The number of hydrogen-bond donors (Lipinski definition) is 1. The van der Waals surface area contributed by atoms with Gasteiger partial charge in [0.15, 0.2) is 0 Å². The quantitative estimate of drug-likeness (QED) is 0.233. The molecule has 8 heteroatoms. The minimum atomic E-state index is -1.44. The second kappa shape index (κ2) is 28.7. The second-order valence-corrected chi connectivity index (χ2v) is 7.58. The Bertz CT molecular complexity index is 288. The number of carboxylic acid groups (broad SMARTS) is 2. The number of nitrogens with two attached hydrogens (primary N) is 1. The first-order chi connectivity index (χ1) is 11.0. The van der Waals surface area contributed by atoms with Crippen LogP contribution in [0, 0.1) is 0 Å². The molecule has 2 N–H and O–H groups in total. The SMILES string of the molecule is CCCCCCCCCCC[CH2][K].NC(CCC(=O)[O-])C(=O)[O-].[Na+].[Na+]. The first-order valence-corrected chi connectivity index (χ1v) is 11.3. The van der Waals surface area contributed by atoms with Crippen molar-refractivity contribution in [3.63, 3.8) is 0 Å². The van der Waals surface area contributed by atoms with Crippen molar-refractivity contribution in [2.24, 2.45) is 5.73 Å². The molecule has 0 aliphatic rings. The maximum absolute atomic E-state index is 9.86. The van der Waals surface area contributed by atoms with Gasteiger partial charge < -0.3 is 25.5 Å². The van der Waals surface area contributed by atoms with Gasteiger partial charge in [0.25, 0.3) is 0 Å². The third kappa shape index (κ3) is 34.4. The normalized spacial score (nSPS) is 10.6. The maximum atomic E-state index is 9.86. The van der Waals surface area contributed by atoms with Gasteiger partial charge in [0.05, 0.1) is 5.97 Å². The van der Waals surface area contributed by atoms with Gasteiger partial charge in [0.2, 0.25) is 0 Å². The van der Waals surface area contributed by atoms with Crippen LogP contribution in [0.15, 0.2) is 0 Å². The molecule has 0 fully saturated rings. The smallest absolute Gasteiger partial charge is 0.550 e. The molecule has 0 aliphatic heterocycles. The van der Waals surface area contributed by atoms with Gasteiger partial charge >= 0.3 is 180 Å². The predicted molar refractivity (Wildman–Crippen MR) is 89.6 cm³/mol. The summed E-state index contributed by atoms with van der Waals surface area (Å²) in [7, 11) is 0. The van der Waals surface area contributed by atoms with E-state index in [1.54, 1.807) is 0.515 Å². The van der Waals surface area contributed by atoms with Gasteiger partial charge in [0, 0.05) is 12.0 Å². The van der Waals surface area contributed by atoms with Crippen molar-refractivity contribution in [2.75, 3.05) is 0 Å². The summed E-state index contributed by atoms with van der Waals surface area (Å²) < 4.78 is 1.56. The zero-order chi connectivity index (χ0) is 17.9. The van der Waals surface area contributed by atoms with Crippen molar-refractivity contribution in [1.29, 1.82) is 0 Å². The van der Waals surface area contributed by atoms with E-state index in [1.165, 1.54) is 64.2 Å². The van der Waals surface area contributed by atoms with Gasteiger partial charge in [-0.25, -0.2) is 0 Å². The number of unbranched alkanes of at least 4 members (excludes halogenated alkanes) is 9. The van der Waals surface area contributed by atoms with Crippen molar-refractivity contribution >= 4 is 60.9 Å². The molecule has 0 aromatic rings. The first kappa shape index (κ1) is 35.0. The summed E-state index contributed by atoms with van der Waals surface area (Å²) >= 11 is 1.10. The van der Waals surface area contributed by atoms with E-state index >= 15 is 0 Å². The van der Waals surface area contributed by atoms with E-state index in [0.717, 1.165) is 49.0 Å². The molecule has 0 rings (SSSR count). The third-order valence-electron chi connectivity index (χ3n) is 3.67. The molecule has 0 bridgehead atoms. The summed E-state index contributed by atoms with van der Waals surface area (Å²) in [4.78, 5) is 19.6. The molecule has 25 heavy (non-hydrogen) atoms. The van der Waals surface area contributed by atoms with Crippen molar-refractivity contribution < 1.29 is 78.9 Å². The third-order valence-corrected chi connectivity index (χ3v) is 4.77. The molecule has 0 radical (unpaired) electrons. The van der Waals surface area contributed by atoms with Crippen molar-refractivity contribution in [3.8, 4) is 0 Å². The van der Waals surface area contributed by atoms with E-state index in [9.17, 15) is 19.8 Å². The fourth-order valence-corrected chi connectivity index (χ4v) is 2.91. The van der Waals surface area contributed by atoms with E-state index in [4.69, 9.17) is 5.73 Å². The Balaban J connectivity index is -0.000000168. The van der Waals surface area contributed by atoms with Gasteiger partial charge in [-0.15, -0.1) is 0 Å². The number of rotatable bonds is 14. The van der Waals surface area contributed by atoms with Gasteiger partial charge in [-0.3, -0.25) is 0 Å². The Morgan fingerprint density at radius 2 is 1.28 bits per heavy atom. The van der Waals surface area contributed by atoms with Crippen LogP contribution in [0.5, 0.6) is 0 Å². The molecule has 0 aromatic carbocycles. The van der Waals surface area contributed by atoms with Crippen LogP contribution >= 0.6 is 0 Å². The van der Waals surface area contributed by atoms with Crippen LogP contribution in [0.25, 0.3) is 0 Å². The Kier molecular flexibility index (Phi) is 40.2. The summed E-state index contributed by atoms with van der Waals surface area (Å²) in [5.41, 5.74) is 4.91. The zero-order valence-electron chi connectivity index (χ0n) is 17.0. The van der Waals surface area contributed by atoms with E-state index < -0.39 is 18.0 Å². The van der Waals surface area contributed by atoms with Gasteiger partial charge in [-0.05, 0) is 12.8 Å². The number of carbonyl (C=O) groups excluding carboxylic acids is 2. The second-order valence-electron chi connectivity index (χ2n) is 6.02. The van der Waals surface area contributed by atoms with Gasteiger partial charge in [0.1, 0.15) is 0 Å². The minimum Gasteiger partial charge on any atom is -0.550 e. The molecular formula is C17H32KNNa2O4. The zero-order valence-corrected chi connectivity index (χ0v) is 24.1. The van der Waals surface area contributed by atoms with Crippen LogP contribution in [0.2, 0.25) is 0.515 Å². The fraction of sp³-hybridized carbons (Fsp3) is 0.882. The van der Waals surface area contributed by atoms with Crippen LogP contribution in [-0.2, 0) is 9.59 Å². The molecule has 0 aromatic heterocycles. The monoisotopic (exact) mass is 399 g/mol. The van der Waals surface area contributed by atoms with Crippen LogP contribution in [-0.4, -0.2) is 66.9 Å². The van der Waals surface area contributed by atoms with E-state index in [-0.39, 0.29) is 72.0 Å². The molecule has 0 heterocycles. The largest absolute Gasteiger partial charge is 1.00 e. The Morgan fingerprint density at radius 1 is 0.880 bits per heavy atom. The number of hydrogen-bond acceptors (Lipinski definition) is 5. The minimum absolute atomic E-state index is 0. The molecule has 0 saturated carbocycles. The van der Waals surface area contributed by atoms with Crippen molar-refractivity contribution in [2.45, 2.75) is 90.5 Å². The number of carbonyl (C=O) groups is 2. The Morgan fingerprint density at radius 3 is 1.60 bits per heavy atom. The summed E-state index contributed by atoms with van der Waals surface area (Å²) in [6, 6.07) is -1.21.